The molecule has 2 aromatic rings. The molecule has 0 radical (unpaired) electrons. The highest BCUT2D eigenvalue weighted by molar-refractivity contribution is 6.31. The number of hydrogen-bond acceptors (Lipinski definition) is 7. The summed E-state index contributed by atoms with van der Waals surface area (Å²) in [6.07, 6.45) is 0.832. The number of β-amino-alcohol motifs (C(OH)–C–C–N with tert-alkyl or cyclic N) is 1. The van der Waals surface area contributed by atoms with E-state index in [4.69, 9.17) is 17.3 Å². The molecule has 1 aliphatic heterocycles. The van der Waals surface area contributed by atoms with E-state index < -0.39 is 17.8 Å². The van der Waals surface area contributed by atoms with E-state index in [1.807, 2.05) is 6.07 Å². The fourth-order valence-corrected chi connectivity index (χ4v) is 3.93. The molecule has 0 bridgehead atoms. The molecular weight excluding hydrogens is 407 g/mol. The number of nitrogens with zero attached hydrogens (tertiary/aromatic N) is 5. The number of halogens is 2. The molecule has 0 unspecified atom stereocenters. The molecule has 3 N–H and O–H groups in total. The Balaban J connectivity index is 2.14. The van der Waals surface area contributed by atoms with Crippen LogP contribution in [0.5, 0.6) is 0 Å². The third-order valence-corrected chi connectivity index (χ3v) is 5.46. The van der Waals surface area contributed by atoms with E-state index in [9.17, 15) is 25.3 Å². The molecule has 1 aliphatic rings. The van der Waals surface area contributed by atoms with Crippen LogP contribution in [-0.4, -0.2) is 29.3 Å². The maximum absolute atomic E-state index is 13.4. The number of pyridine rings is 1. The molecule has 1 saturated heterocycles. The maximum Gasteiger partial charge on any atom is 0.149 e. The van der Waals surface area contributed by atoms with Gasteiger partial charge in [0.2, 0.25) is 0 Å². The summed E-state index contributed by atoms with van der Waals surface area (Å²) in [6.45, 7) is 0.831. The van der Waals surface area contributed by atoms with Crippen molar-refractivity contribution in [2.45, 2.75) is 31.3 Å². The van der Waals surface area contributed by atoms with Crippen molar-refractivity contribution in [1.29, 1.82) is 15.8 Å². The lowest BCUT2D eigenvalue weighted by Gasteiger charge is -2.32. The molecule has 9 heteroatoms. The van der Waals surface area contributed by atoms with E-state index in [1.54, 1.807) is 4.90 Å². The number of piperidine rings is 1. The monoisotopic (exact) mass is 424 g/mol. The number of nitriles is 3. The van der Waals surface area contributed by atoms with E-state index in [1.165, 1.54) is 12.1 Å². The fraction of sp³-hybridized carbons (Fsp3) is 0.333. The number of nitrogens with two attached hydrogens (primary N) is 1. The lowest BCUT2D eigenvalue weighted by atomic mass is 9.87. The number of aliphatic hydroxyl groups excluding tert-OH is 1. The summed E-state index contributed by atoms with van der Waals surface area (Å²) in [5, 5.41) is 39.6. The van der Waals surface area contributed by atoms with Crippen LogP contribution in [0.25, 0.3) is 0 Å². The van der Waals surface area contributed by atoms with Crippen molar-refractivity contribution in [2.24, 2.45) is 0 Å². The third kappa shape index (κ3) is 4.14. The molecule has 0 aliphatic carbocycles. The maximum atomic E-state index is 13.4. The van der Waals surface area contributed by atoms with Gasteiger partial charge in [0.15, 0.2) is 0 Å². The second-order valence-electron chi connectivity index (χ2n) is 7.07. The van der Waals surface area contributed by atoms with E-state index in [0.29, 0.717) is 24.9 Å². The summed E-state index contributed by atoms with van der Waals surface area (Å²) in [6, 6.07) is 9.97. The molecule has 7 nitrogen and oxygen atoms in total. The molecular formula is C21H18ClFN6O. The number of aliphatic hydroxyl groups is 1. The van der Waals surface area contributed by atoms with Gasteiger partial charge in [-0.05, 0) is 37.0 Å². The lowest BCUT2D eigenvalue weighted by Crippen LogP contribution is -2.39. The van der Waals surface area contributed by atoms with Crippen LogP contribution < -0.4 is 10.6 Å². The highest BCUT2D eigenvalue weighted by Gasteiger charge is 2.30. The van der Waals surface area contributed by atoms with Crippen molar-refractivity contribution in [1.82, 2.24) is 4.98 Å². The zero-order valence-corrected chi connectivity index (χ0v) is 16.7. The van der Waals surface area contributed by atoms with Crippen molar-refractivity contribution < 1.29 is 9.50 Å². The third-order valence-electron chi connectivity index (χ3n) is 5.11. The molecule has 2 atom stereocenters. The molecule has 0 spiro atoms. The van der Waals surface area contributed by atoms with Gasteiger partial charge in [-0.15, -0.1) is 0 Å². The predicted octanol–water partition coefficient (Wildman–Crippen LogP) is 3.01. The highest BCUT2D eigenvalue weighted by Crippen LogP contribution is 2.36. The molecule has 30 heavy (non-hydrogen) atoms. The van der Waals surface area contributed by atoms with E-state index in [2.05, 4.69) is 17.1 Å². The first kappa shape index (κ1) is 21.3. The first-order chi connectivity index (χ1) is 14.4. The highest BCUT2D eigenvalue weighted by atomic mass is 35.5. The Kier molecular flexibility index (Phi) is 6.37. The Morgan fingerprint density at radius 3 is 2.63 bits per heavy atom. The van der Waals surface area contributed by atoms with Crippen LogP contribution in [0.4, 0.5) is 16.0 Å². The van der Waals surface area contributed by atoms with E-state index >= 15 is 0 Å². The summed E-state index contributed by atoms with van der Waals surface area (Å²) >= 11 is 6.11. The second kappa shape index (κ2) is 8.97. The number of anilines is 2. The van der Waals surface area contributed by atoms with E-state index in [-0.39, 0.29) is 46.3 Å². The van der Waals surface area contributed by atoms with Gasteiger partial charge in [0, 0.05) is 23.7 Å². The summed E-state index contributed by atoms with van der Waals surface area (Å²) < 4.78 is 13.4. The number of benzene rings is 1. The van der Waals surface area contributed by atoms with Crippen molar-refractivity contribution >= 4 is 23.2 Å². The van der Waals surface area contributed by atoms with Gasteiger partial charge in [0.25, 0.3) is 0 Å². The predicted molar refractivity (Wildman–Crippen MR) is 109 cm³/mol. The summed E-state index contributed by atoms with van der Waals surface area (Å²) in [5.41, 5.74) is 6.72. The Morgan fingerprint density at radius 1 is 1.30 bits per heavy atom. The molecule has 1 aromatic carbocycles. The average molecular weight is 425 g/mol. The van der Waals surface area contributed by atoms with Crippen LogP contribution in [0.3, 0.4) is 0 Å². The van der Waals surface area contributed by atoms with Crippen molar-refractivity contribution in [3.05, 3.63) is 51.3 Å². The van der Waals surface area contributed by atoms with Gasteiger partial charge in [-0.2, -0.15) is 15.8 Å². The fourth-order valence-electron chi connectivity index (χ4n) is 3.68. The smallest absolute Gasteiger partial charge is 0.149 e. The van der Waals surface area contributed by atoms with Gasteiger partial charge in [0.1, 0.15) is 40.7 Å². The molecule has 0 saturated carbocycles. The lowest BCUT2D eigenvalue weighted by molar-refractivity contribution is 0.154. The zero-order valence-electron chi connectivity index (χ0n) is 15.9. The second-order valence-corrected chi connectivity index (χ2v) is 7.48. The Bertz CT molecular complexity index is 1100. The molecule has 1 aromatic heterocycles. The van der Waals surface area contributed by atoms with Crippen molar-refractivity contribution in [2.75, 3.05) is 23.7 Å². The minimum absolute atomic E-state index is 0.0438. The average Bonchev–Trinajstić information content (AvgIpc) is 2.72. The first-order valence-electron chi connectivity index (χ1n) is 9.29. The molecule has 152 valence electrons. The van der Waals surface area contributed by atoms with Crippen LogP contribution >= 0.6 is 11.6 Å². The standard InChI is InChI=1S/C21H18ClFN6O/c22-18-7-14(23)4-3-12(18)6-13(8-24)19-16(9-25)20(27)28-21(17(19)10-26)29-5-1-2-15(30)11-29/h3-4,7,13,15,30H,1-2,5-6,11H2,(H2,27,28)/t13-,15-/m0/s1. The minimum Gasteiger partial charge on any atom is -0.391 e. The molecule has 1 fully saturated rings. The van der Waals surface area contributed by atoms with Crippen LogP contribution in [0.15, 0.2) is 18.2 Å². The van der Waals surface area contributed by atoms with Crippen molar-refractivity contribution in [3.63, 3.8) is 0 Å². The van der Waals surface area contributed by atoms with Gasteiger partial charge >= 0.3 is 0 Å². The van der Waals surface area contributed by atoms with Crippen molar-refractivity contribution in [3.8, 4) is 18.2 Å². The van der Waals surface area contributed by atoms with Crippen LogP contribution in [0, 0.1) is 39.8 Å². The molecule has 3 rings (SSSR count). The Hall–Kier alpha value is -3.38. The number of nitrogen functional groups attached to an aromatic ring is 1. The number of rotatable bonds is 4. The van der Waals surface area contributed by atoms with Gasteiger partial charge in [-0.25, -0.2) is 9.37 Å². The van der Waals surface area contributed by atoms with Gasteiger partial charge in [-0.1, -0.05) is 17.7 Å². The number of hydrogen-bond donors (Lipinski definition) is 2. The van der Waals surface area contributed by atoms with Gasteiger partial charge in [-0.3, -0.25) is 0 Å². The quantitative estimate of drug-likeness (QED) is 0.770. The van der Waals surface area contributed by atoms with Gasteiger partial charge in [0.05, 0.1) is 18.1 Å². The summed E-state index contributed by atoms with van der Waals surface area (Å²) in [7, 11) is 0. The Labute approximate surface area is 178 Å². The minimum atomic E-state index is -0.934. The number of aromatic nitrogens is 1. The topological polar surface area (TPSA) is 134 Å². The molecule has 0 amide bonds. The van der Waals surface area contributed by atoms with Gasteiger partial charge < -0.3 is 15.7 Å². The normalized spacial score (nSPS) is 16.9. The van der Waals surface area contributed by atoms with Crippen LogP contribution in [0.2, 0.25) is 5.02 Å². The largest absolute Gasteiger partial charge is 0.391 e. The summed E-state index contributed by atoms with van der Waals surface area (Å²) in [5.74, 6) is -1.29. The molecule has 2 heterocycles. The van der Waals surface area contributed by atoms with Crippen LogP contribution in [-0.2, 0) is 6.42 Å². The zero-order chi connectivity index (χ0) is 21.8. The summed E-state index contributed by atoms with van der Waals surface area (Å²) in [4.78, 5) is 5.99. The van der Waals surface area contributed by atoms with E-state index in [0.717, 1.165) is 6.07 Å². The Morgan fingerprint density at radius 2 is 2.03 bits per heavy atom. The SMILES string of the molecule is N#Cc1c(N)nc(N2CCC[C@H](O)C2)c(C#N)c1[C@H](C#N)Cc1ccc(F)cc1Cl. The van der Waals surface area contributed by atoms with Crippen LogP contribution in [0.1, 0.15) is 41.0 Å². The first-order valence-corrected chi connectivity index (χ1v) is 9.67.